The van der Waals surface area contributed by atoms with Crippen LogP contribution in [0.2, 0.25) is 0 Å². The second kappa shape index (κ2) is 6.16. The van der Waals surface area contributed by atoms with E-state index in [0.29, 0.717) is 11.3 Å². The number of thioether (sulfide) groups is 1. The Hall–Kier alpha value is -1.40. The van der Waals surface area contributed by atoms with Gasteiger partial charge in [-0.2, -0.15) is 0 Å². The predicted octanol–water partition coefficient (Wildman–Crippen LogP) is 3.97. The summed E-state index contributed by atoms with van der Waals surface area (Å²) in [6.07, 6.45) is 1.66. The minimum Gasteiger partial charge on any atom is -0.478 e. The third-order valence-electron chi connectivity index (χ3n) is 2.39. The maximum absolute atomic E-state index is 13.7. The zero-order valence-electron chi connectivity index (χ0n) is 9.64. The quantitative estimate of drug-likeness (QED) is 0.854. The van der Waals surface area contributed by atoms with E-state index in [1.165, 1.54) is 23.9 Å². The molecule has 0 aliphatic rings. The molecule has 0 unspecified atom stereocenters. The topological polar surface area (TPSA) is 50.2 Å². The maximum Gasteiger partial charge on any atom is 0.335 e. The van der Waals surface area contributed by atoms with Crippen molar-refractivity contribution in [1.29, 1.82) is 0 Å². The minimum absolute atomic E-state index is 0.0507. The number of aromatic carboxylic acids is 1. The van der Waals surface area contributed by atoms with Crippen LogP contribution in [0.15, 0.2) is 46.0 Å². The summed E-state index contributed by atoms with van der Waals surface area (Å²) >= 11 is 4.75. The van der Waals surface area contributed by atoms with Crippen molar-refractivity contribution in [1.82, 2.24) is 4.98 Å². The molecule has 98 valence electrons. The van der Waals surface area contributed by atoms with Gasteiger partial charge in [0, 0.05) is 16.4 Å². The van der Waals surface area contributed by atoms with Crippen molar-refractivity contribution < 1.29 is 14.3 Å². The van der Waals surface area contributed by atoms with E-state index in [9.17, 15) is 9.18 Å². The zero-order valence-corrected chi connectivity index (χ0v) is 12.0. The number of carboxylic acid groups (broad SMARTS) is 1. The van der Waals surface area contributed by atoms with Crippen LogP contribution in [-0.4, -0.2) is 16.1 Å². The van der Waals surface area contributed by atoms with Crippen molar-refractivity contribution in [3.05, 3.63) is 57.9 Å². The van der Waals surface area contributed by atoms with Gasteiger partial charge in [-0.3, -0.25) is 0 Å². The number of nitrogens with zero attached hydrogens (tertiary/aromatic N) is 1. The van der Waals surface area contributed by atoms with Crippen LogP contribution >= 0.6 is 27.7 Å². The molecule has 6 heteroatoms. The first-order chi connectivity index (χ1) is 9.08. The van der Waals surface area contributed by atoms with Gasteiger partial charge in [0.25, 0.3) is 0 Å². The summed E-state index contributed by atoms with van der Waals surface area (Å²) in [4.78, 5) is 14.9. The largest absolute Gasteiger partial charge is 0.478 e. The monoisotopic (exact) mass is 341 g/mol. The fourth-order valence-electron chi connectivity index (χ4n) is 1.42. The molecule has 0 atom stereocenters. The van der Waals surface area contributed by atoms with Gasteiger partial charge in [0.15, 0.2) is 0 Å². The van der Waals surface area contributed by atoms with E-state index >= 15 is 0 Å². The molecule has 0 amide bonds. The van der Waals surface area contributed by atoms with Crippen LogP contribution in [0.5, 0.6) is 0 Å². The van der Waals surface area contributed by atoms with Gasteiger partial charge in [0.1, 0.15) is 10.8 Å². The average Bonchev–Trinajstić information content (AvgIpc) is 2.39. The highest BCUT2D eigenvalue weighted by atomic mass is 79.9. The highest BCUT2D eigenvalue weighted by Crippen LogP contribution is 2.28. The number of aromatic nitrogens is 1. The third-order valence-corrected chi connectivity index (χ3v) is 4.35. The van der Waals surface area contributed by atoms with Gasteiger partial charge in [-0.1, -0.05) is 6.07 Å². The van der Waals surface area contributed by atoms with Crippen LogP contribution in [0.3, 0.4) is 0 Å². The van der Waals surface area contributed by atoms with E-state index in [1.54, 1.807) is 12.3 Å². The number of hydrogen-bond donors (Lipinski definition) is 1. The van der Waals surface area contributed by atoms with E-state index in [0.717, 1.165) is 15.6 Å². The molecule has 1 aromatic heterocycles. The van der Waals surface area contributed by atoms with Gasteiger partial charge < -0.3 is 5.11 Å². The lowest BCUT2D eigenvalue weighted by Gasteiger charge is -2.05. The van der Waals surface area contributed by atoms with Crippen LogP contribution in [0.25, 0.3) is 0 Å². The van der Waals surface area contributed by atoms with Crippen molar-refractivity contribution in [2.24, 2.45) is 0 Å². The summed E-state index contributed by atoms with van der Waals surface area (Å²) in [5.41, 5.74) is 0.401. The fourth-order valence-corrected chi connectivity index (χ4v) is 2.89. The number of hydrogen-bond acceptors (Lipinski definition) is 3. The Morgan fingerprint density at radius 1 is 1.42 bits per heavy atom. The Labute approximate surface area is 122 Å². The molecule has 1 aromatic carbocycles. The van der Waals surface area contributed by atoms with E-state index in [4.69, 9.17) is 5.11 Å². The summed E-state index contributed by atoms with van der Waals surface area (Å²) < 4.78 is 14.6. The summed E-state index contributed by atoms with van der Waals surface area (Å²) in [7, 11) is 0. The molecule has 0 bridgehead atoms. The van der Waals surface area contributed by atoms with E-state index in [-0.39, 0.29) is 5.56 Å². The van der Waals surface area contributed by atoms with Crippen molar-refractivity contribution in [3.8, 4) is 0 Å². The molecule has 1 N–H and O–H groups in total. The molecule has 0 spiro atoms. The third kappa shape index (κ3) is 3.54. The molecule has 0 radical (unpaired) electrons. The molecular formula is C13H9BrFNO2S. The van der Waals surface area contributed by atoms with Crippen LogP contribution in [0.4, 0.5) is 4.39 Å². The fraction of sp³-hybridized carbons (Fsp3) is 0.0769. The van der Waals surface area contributed by atoms with Gasteiger partial charge in [0.05, 0.1) is 5.56 Å². The molecule has 0 saturated carbocycles. The van der Waals surface area contributed by atoms with Gasteiger partial charge in [-0.05, 0) is 45.8 Å². The first-order valence-corrected chi connectivity index (χ1v) is 7.11. The lowest BCUT2D eigenvalue weighted by molar-refractivity contribution is 0.0696. The second-order valence-electron chi connectivity index (χ2n) is 3.69. The Morgan fingerprint density at radius 2 is 2.21 bits per heavy atom. The second-order valence-corrected chi connectivity index (χ2v) is 5.51. The number of rotatable bonds is 4. The first kappa shape index (κ1) is 14.0. The summed E-state index contributed by atoms with van der Waals surface area (Å²) in [6.45, 7) is 0. The number of benzene rings is 1. The molecule has 3 nitrogen and oxygen atoms in total. The Bertz CT molecular complexity index is 621. The molecule has 0 fully saturated rings. The lowest BCUT2D eigenvalue weighted by Crippen LogP contribution is -1.98. The van der Waals surface area contributed by atoms with Gasteiger partial charge in [-0.15, -0.1) is 11.8 Å². The highest BCUT2D eigenvalue weighted by molar-refractivity contribution is 9.10. The van der Waals surface area contributed by atoms with Crippen LogP contribution in [0.1, 0.15) is 15.9 Å². The highest BCUT2D eigenvalue weighted by Gasteiger charge is 2.09. The Balaban J connectivity index is 2.12. The predicted molar refractivity (Wildman–Crippen MR) is 74.9 cm³/mol. The Kier molecular flexibility index (Phi) is 4.55. The van der Waals surface area contributed by atoms with E-state index < -0.39 is 11.8 Å². The number of pyridine rings is 1. The van der Waals surface area contributed by atoms with E-state index in [1.807, 2.05) is 6.07 Å². The van der Waals surface area contributed by atoms with Crippen LogP contribution in [0, 0.1) is 5.82 Å². The normalized spacial score (nSPS) is 10.4. The summed E-state index contributed by atoms with van der Waals surface area (Å²) in [5, 5.41) is 9.52. The van der Waals surface area contributed by atoms with Crippen molar-refractivity contribution >= 4 is 33.7 Å². The zero-order chi connectivity index (χ0) is 13.8. The lowest BCUT2D eigenvalue weighted by atomic mass is 10.1. The van der Waals surface area contributed by atoms with Crippen LogP contribution < -0.4 is 0 Å². The molecule has 0 aliphatic carbocycles. The molecule has 0 aliphatic heterocycles. The number of carboxylic acids is 1. The maximum atomic E-state index is 13.7. The average molecular weight is 342 g/mol. The van der Waals surface area contributed by atoms with Crippen LogP contribution in [-0.2, 0) is 5.75 Å². The smallest absolute Gasteiger partial charge is 0.335 e. The molecule has 2 rings (SSSR count). The van der Waals surface area contributed by atoms with Gasteiger partial charge in [-0.25, -0.2) is 14.2 Å². The van der Waals surface area contributed by atoms with Crippen molar-refractivity contribution in [3.63, 3.8) is 0 Å². The number of carbonyl (C=O) groups is 1. The molecule has 19 heavy (non-hydrogen) atoms. The molecule has 0 saturated heterocycles. The first-order valence-electron chi connectivity index (χ1n) is 5.33. The standard InChI is InChI=1S/C13H9BrFNO2S/c14-10-2-1-5-16-12(10)19-7-9-4-3-8(13(17)18)6-11(9)15/h1-6H,7H2,(H,17,18). The summed E-state index contributed by atoms with van der Waals surface area (Å²) in [5.74, 6) is -1.26. The summed E-state index contributed by atoms with van der Waals surface area (Å²) in [6, 6.07) is 7.58. The van der Waals surface area contributed by atoms with Gasteiger partial charge in [0.2, 0.25) is 0 Å². The molecule has 2 aromatic rings. The molecular weight excluding hydrogens is 333 g/mol. The van der Waals surface area contributed by atoms with E-state index in [2.05, 4.69) is 20.9 Å². The Morgan fingerprint density at radius 3 is 2.84 bits per heavy atom. The molecule has 1 heterocycles. The number of halogens is 2. The minimum atomic E-state index is -1.13. The van der Waals surface area contributed by atoms with Crippen molar-refractivity contribution in [2.45, 2.75) is 10.8 Å². The van der Waals surface area contributed by atoms with Crippen molar-refractivity contribution in [2.75, 3.05) is 0 Å². The SMILES string of the molecule is O=C(O)c1ccc(CSc2ncccc2Br)c(F)c1. The van der Waals surface area contributed by atoms with Gasteiger partial charge >= 0.3 is 5.97 Å².